The van der Waals surface area contributed by atoms with Crippen molar-refractivity contribution in [1.82, 2.24) is 15.5 Å². The minimum atomic E-state index is 0.302. The summed E-state index contributed by atoms with van der Waals surface area (Å²) in [6.45, 7) is 8.10. The summed E-state index contributed by atoms with van der Waals surface area (Å²) in [6, 6.07) is 0.302. The van der Waals surface area contributed by atoms with Crippen LogP contribution in [0.2, 0.25) is 0 Å². The van der Waals surface area contributed by atoms with Crippen LogP contribution in [0.25, 0.3) is 0 Å². The molecule has 0 aromatic carbocycles. The van der Waals surface area contributed by atoms with Crippen LogP contribution in [0, 0.1) is 0 Å². The Morgan fingerprint density at radius 3 is 3.00 bits per heavy atom. The topological polar surface area (TPSA) is 47.0 Å². The highest BCUT2D eigenvalue weighted by Gasteiger charge is 2.27. The predicted molar refractivity (Wildman–Crippen MR) is 64.8 cm³/mol. The van der Waals surface area contributed by atoms with Gasteiger partial charge in [0.2, 0.25) is 0 Å². The molecule has 0 aliphatic carbocycles. The number of rotatable bonds is 4. The van der Waals surface area contributed by atoms with Gasteiger partial charge in [0.05, 0.1) is 18.8 Å². The third-order valence-electron chi connectivity index (χ3n) is 2.88. The molecule has 0 spiro atoms. The first-order chi connectivity index (χ1) is 7.70. The van der Waals surface area contributed by atoms with Crippen molar-refractivity contribution in [2.75, 3.05) is 13.2 Å². The first-order valence-corrected chi connectivity index (χ1v) is 6.70. The summed E-state index contributed by atoms with van der Waals surface area (Å²) in [7, 11) is 0. The first-order valence-electron chi connectivity index (χ1n) is 5.89. The van der Waals surface area contributed by atoms with E-state index in [1.807, 2.05) is 0 Å². The van der Waals surface area contributed by atoms with Gasteiger partial charge in [-0.05, 0) is 26.8 Å². The van der Waals surface area contributed by atoms with Gasteiger partial charge in [0.25, 0.3) is 0 Å². The van der Waals surface area contributed by atoms with Gasteiger partial charge in [-0.3, -0.25) is 0 Å². The number of ether oxygens (including phenoxy) is 1. The van der Waals surface area contributed by atoms with Gasteiger partial charge in [-0.15, -0.1) is 10.2 Å². The molecular weight excluding hydrogens is 222 g/mol. The van der Waals surface area contributed by atoms with E-state index in [9.17, 15) is 0 Å². The summed E-state index contributed by atoms with van der Waals surface area (Å²) in [5.74, 6) is 0.454. The van der Waals surface area contributed by atoms with Crippen LogP contribution in [-0.4, -0.2) is 29.5 Å². The highest BCUT2D eigenvalue weighted by molar-refractivity contribution is 7.11. The van der Waals surface area contributed by atoms with Gasteiger partial charge in [-0.25, -0.2) is 0 Å². The molecule has 90 valence electrons. The number of nitrogens with one attached hydrogen (secondary N) is 1. The Morgan fingerprint density at radius 2 is 2.38 bits per heavy atom. The second kappa shape index (κ2) is 5.21. The molecule has 2 rings (SSSR count). The summed E-state index contributed by atoms with van der Waals surface area (Å²) in [4.78, 5) is 0. The smallest absolute Gasteiger partial charge is 0.134 e. The van der Waals surface area contributed by atoms with Gasteiger partial charge in [0.1, 0.15) is 10.0 Å². The fourth-order valence-corrected chi connectivity index (χ4v) is 2.94. The van der Waals surface area contributed by atoms with Crippen LogP contribution >= 0.6 is 11.3 Å². The van der Waals surface area contributed by atoms with Crippen LogP contribution in [0.3, 0.4) is 0 Å². The first kappa shape index (κ1) is 12.0. The summed E-state index contributed by atoms with van der Waals surface area (Å²) in [6.07, 6.45) is 1.44. The van der Waals surface area contributed by atoms with Crippen molar-refractivity contribution in [2.24, 2.45) is 0 Å². The molecule has 3 atom stereocenters. The van der Waals surface area contributed by atoms with E-state index in [-0.39, 0.29) is 0 Å². The van der Waals surface area contributed by atoms with Crippen molar-refractivity contribution in [2.45, 2.75) is 45.3 Å². The van der Waals surface area contributed by atoms with Crippen LogP contribution in [0.5, 0.6) is 0 Å². The van der Waals surface area contributed by atoms with Crippen LogP contribution in [0.1, 0.15) is 49.2 Å². The quantitative estimate of drug-likeness (QED) is 0.877. The minimum absolute atomic E-state index is 0.302. The lowest BCUT2D eigenvalue weighted by Crippen LogP contribution is -2.17. The molecule has 1 aromatic heterocycles. The Kier molecular flexibility index (Phi) is 3.89. The molecule has 1 aromatic rings. The van der Waals surface area contributed by atoms with Crippen molar-refractivity contribution < 1.29 is 4.74 Å². The largest absolute Gasteiger partial charge is 0.378 e. The molecule has 2 heterocycles. The number of hydrogen-bond donors (Lipinski definition) is 1. The van der Waals surface area contributed by atoms with Crippen molar-refractivity contribution in [3.05, 3.63) is 10.0 Å². The zero-order valence-electron chi connectivity index (χ0n) is 10.1. The van der Waals surface area contributed by atoms with E-state index in [1.54, 1.807) is 11.3 Å². The fourth-order valence-electron chi connectivity index (χ4n) is 1.97. The molecule has 16 heavy (non-hydrogen) atoms. The van der Waals surface area contributed by atoms with E-state index in [4.69, 9.17) is 4.74 Å². The van der Waals surface area contributed by atoms with Gasteiger partial charge in [-0.2, -0.15) is 0 Å². The van der Waals surface area contributed by atoms with Crippen LogP contribution in [-0.2, 0) is 4.74 Å². The Morgan fingerprint density at radius 1 is 1.56 bits per heavy atom. The molecule has 4 nitrogen and oxygen atoms in total. The lowest BCUT2D eigenvalue weighted by Gasteiger charge is -2.06. The highest BCUT2D eigenvalue weighted by Crippen LogP contribution is 2.32. The Balaban J connectivity index is 2.01. The molecule has 0 amide bonds. The van der Waals surface area contributed by atoms with Crippen LogP contribution in [0.15, 0.2) is 0 Å². The SMILES string of the molecule is CCNC(C)c1nnc(C2COC(C)C2)s1. The van der Waals surface area contributed by atoms with E-state index < -0.39 is 0 Å². The normalized spacial score (nSPS) is 27.2. The minimum Gasteiger partial charge on any atom is -0.378 e. The molecule has 0 bridgehead atoms. The van der Waals surface area contributed by atoms with Crippen LogP contribution in [0.4, 0.5) is 0 Å². The fraction of sp³-hybridized carbons (Fsp3) is 0.818. The predicted octanol–water partition coefficient (Wildman–Crippen LogP) is 2.10. The monoisotopic (exact) mass is 241 g/mol. The maximum Gasteiger partial charge on any atom is 0.134 e. The van der Waals surface area contributed by atoms with Crippen molar-refractivity contribution in [3.8, 4) is 0 Å². The molecule has 1 aliphatic heterocycles. The maximum absolute atomic E-state index is 5.56. The van der Waals surface area contributed by atoms with E-state index in [1.165, 1.54) is 0 Å². The summed E-state index contributed by atoms with van der Waals surface area (Å²) in [5, 5.41) is 14.1. The molecule has 0 saturated carbocycles. The average molecular weight is 241 g/mol. The summed E-state index contributed by atoms with van der Waals surface area (Å²) in [5.41, 5.74) is 0. The Bertz CT molecular complexity index is 342. The maximum atomic E-state index is 5.56. The van der Waals surface area contributed by atoms with E-state index in [2.05, 4.69) is 36.3 Å². The Labute approximate surface area is 100 Å². The molecule has 1 fully saturated rings. The molecule has 3 unspecified atom stereocenters. The van der Waals surface area contributed by atoms with E-state index >= 15 is 0 Å². The second-order valence-corrected chi connectivity index (χ2v) is 5.38. The number of hydrogen-bond acceptors (Lipinski definition) is 5. The van der Waals surface area contributed by atoms with Gasteiger partial charge in [-0.1, -0.05) is 18.3 Å². The second-order valence-electron chi connectivity index (χ2n) is 4.33. The number of aromatic nitrogens is 2. The van der Waals surface area contributed by atoms with Gasteiger partial charge >= 0.3 is 0 Å². The molecule has 0 radical (unpaired) electrons. The van der Waals surface area contributed by atoms with Gasteiger partial charge in [0, 0.05) is 5.92 Å². The van der Waals surface area contributed by atoms with E-state index in [0.717, 1.165) is 29.6 Å². The zero-order valence-corrected chi connectivity index (χ0v) is 10.9. The molecule has 1 N–H and O–H groups in total. The third kappa shape index (κ3) is 2.59. The van der Waals surface area contributed by atoms with Gasteiger partial charge < -0.3 is 10.1 Å². The zero-order chi connectivity index (χ0) is 11.5. The lowest BCUT2D eigenvalue weighted by atomic mass is 10.1. The van der Waals surface area contributed by atoms with E-state index in [0.29, 0.717) is 18.1 Å². The van der Waals surface area contributed by atoms with Crippen molar-refractivity contribution in [1.29, 1.82) is 0 Å². The summed E-state index contributed by atoms with van der Waals surface area (Å²) < 4.78 is 5.56. The van der Waals surface area contributed by atoms with Gasteiger partial charge in [0.15, 0.2) is 0 Å². The summed E-state index contributed by atoms with van der Waals surface area (Å²) >= 11 is 1.72. The third-order valence-corrected chi connectivity index (χ3v) is 4.15. The standard InChI is InChI=1S/C11H19N3OS/c1-4-12-8(3)10-13-14-11(16-10)9-5-7(2)15-6-9/h7-9,12H,4-6H2,1-3H3. The van der Waals surface area contributed by atoms with Crippen molar-refractivity contribution >= 4 is 11.3 Å². The van der Waals surface area contributed by atoms with Crippen molar-refractivity contribution in [3.63, 3.8) is 0 Å². The lowest BCUT2D eigenvalue weighted by molar-refractivity contribution is 0.123. The Hall–Kier alpha value is -0.520. The molecular formula is C11H19N3OS. The molecule has 1 saturated heterocycles. The highest BCUT2D eigenvalue weighted by atomic mass is 32.1. The number of nitrogens with zero attached hydrogens (tertiary/aromatic N) is 2. The average Bonchev–Trinajstić information content (AvgIpc) is 2.85. The van der Waals surface area contributed by atoms with Crippen LogP contribution < -0.4 is 5.32 Å². The molecule has 1 aliphatic rings. The molecule has 5 heteroatoms.